The van der Waals surface area contributed by atoms with Crippen LogP contribution in [0, 0.1) is 0 Å². The maximum atomic E-state index is 13.3. The van der Waals surface area contributed by atoms with E-state index in [0.717, 1.165) is 11.0 Å². The minimum Gasteiger partial charge on any atom is -0.337 e. The van der Waals surface area contributed by atoms with Gasteiger partial charge in [-0.15, -0.1) is 0 Å². The highest BCUT2D eigenvalue weighted by molar-refractivity contribution is 6.34. The molecule has 0 atom stereocenters. The summed E-state index contributed by atoms with van der Waals surface area (Å²) in [5, 5.41) is 7.18. The Morgan fingerprint density at radius 2 is 2.00 bits per heavy atom. The number of halogens is 4. The molecule has 0 radical (unpaired) electrons. The molecule has 0 saturated heterocycles. The Balaban J connectivity index is 2.17. The van der Waals surface area contributed by atoms with Crippen LogP contribution in [0.1, 0.15) is 11.3 Å². The van der Waals surface area contributed by atoms with Crippen LogP contribution in [0.25, 0.3) is 0 Å². The van der Waals surface area contributed by atoms with Crippen molar-refractivity contribution in [2.24, 2.45) is 12.0 Å². The molecule has 1 aromatic carbocycles. The van der Waals surface area contributed by atoms with Crippen LogP contribution in [0.3, 0.4) is 0 Å². The van der Waals surface area contributed by atoms with Crippen LogP contribution in [-0.2, 0) is 18.0 Å². The Kier molecular flexibility index (Phi) is 6.06. The summed E-state index contributed by atoms with van der Waals surface area (Å²) >= 11 is 6.17. The van der Waals surface area contributed by atoms with Crippen molar-refractivity contribution in [3.8, 4) is 0 Å². The normalized spacial score (nSPS) is 12.0. The van der Waals surface area contributed by atoms with Crippen LogP contribution in [0.4, 0.5) is 30.4 Å². The van der Waals surface area contributed by atoms with Crippen LogP contribution >= 0.6 is 11.6 Å². The van der Waals surface area contributed by atoms with Crippen molar-refractivity contribution in [2.75, 3.05) is 17.3 Å². The Bertz CT molecular complexity index is 1100. The zero-order valence-electron chi connectivity index (χ0n) is 15.9. The molecule has 1 N–H and O–H groups in total. The average Bonchev–Trinajstić information content (AvgIpc) is 3.12. The summed E-state index contributed by atoms with van der Waals surface area (Å²) in [6.45, 7) is 0. The number of para-hydroxylation sites is 1. The molecule has 0 aliphatic carbocycles. The number of aromatic nitrogens is 3. The van der Waals surface area contributed by atoms with E-state index in [1.165, 1.54) is 31.4 Å². The molecule has 3 rings (SSSR count). The van der Waals surface area contributed by atoms with Crippen LogP contribution in [0.2, 0.25) is 5.02 Å². The summed E-state index contributed by atoms with van der Waals surface area (Å²) in [7, 11) is 3.17. The molecule has 7 nitrogen and oxygen atoms in total. The van der Waals surface area contributed by atoms with Gasteiger partial charge in [-0.3, -0.25) is 19.4 Å². The molecule has 0 unspecified atom stereocenters. The lowest BCUT2D eigenvalue weighted by Gasteiger charge is -2.22. The summed E-state index contributed by atoms with van der Waals surface area (Å²) < 4.78 is 41.5. The summed E-state index contributed by atoms with van der Waals surface area (Å²) in [4.78, 5) is 20.7. The van der Waals surface area contributed by atoms with Gasteiger partial charge in [0, 0.05) is 20.3 Å². The lowest BCUT2D eigenvalue weighted by atomic mass is 10.1. The molecule has 0 fully saturated rings. The predicted octanol–water partition coefficient (Wildman–Crippen LogP) is 4.27. The maximum absolute atomic E-state index is 13.3. The van der Waals surface area contributed by atoms with Crippen LogP contribution in [0.15, 0.2) is 53.8 Å². The Hall–Kier alpha value is -3.40. The molecule has 0 bridgehead atoms. The molecule has 30 heavy (non-hydrogen) atoms. The van der Waals surface area contributed by atoms with Gasteiger partial charge >= 0.3 is 6.18 Å². The number of hydrogen-bond acceptors (Lipinski definition) is 4. The minimum atomic E-state index is -4.71. The van der Waals surface area contributed by atoms with E-state index in [9.17, 15) is 18.0 Å². The molecule has 2 heterocycles. The largest absolute Gasteiger partial charge is 0.433 e. The number of pyridine rings is 1. The fourth-order valence-corrected chi connectivity index (χ4v) is 2.94. The second-order valence-electron chi connectivity index (χ2n) is 6.09. The number of hydrogen-bond donors (Lipinski definition) is 1. The zero-order chi connectivity index (χ0) is 21.9. The molecule has 1 amide bonds. The van der Waals surface area contributed by atoms with E-state index in [4.69, 9.17) is 11.6 Å². The monoisotopic (exact) mass is 436 g/mol. The van der Waals surface area contributed by atoms with Gasteiger partial charge in [-0.1, -0.05) is 23.7 Å². The van der Waals surface area contributed by atoms with Crippen LogP contribution < -0.4 is 10.2 Å². The number of amides is 1. The van der Waals surface area contributed by atoms with E-state index in [1.54, 1.807) is 30.1 Å². The summed E-state index contributed by atoms with van der Waals surface area (Å²) in [5.41, 5.74) is -0.253. The van der Waals surface area contributed by atoms with E-state index < -0.39 is 11.9 Å². The molecule has 0 spiro atoms. The number of carbonyl (C=O) groups excluding carboxylic acids is 1. The van der Waals surface area contributed by atoms with Crippen LogP contribution in [-0.4, -0.2) is 34.1 Å². The SMILES string of the molecule is CN=C(Nc1cnn(C)c1)c1ccc(C(F)(F)F)nc1N(C=O)c1ccccc1Cl. The Morgan fingerprint density at radius 3 is 2.57 bits per heavy atom. The molecule has 0 saturated carbocycles. The second-order valence-corrected chi connectivity index (χ2v) is 6.50. The first-order valence-electron chi connectivity index (χ1n) is 8.54. The van der Waals surface area contributed by atoms with E-state index >= 15 is 0 Å². The number of aliphatic imine (C=N–C) groups is 1. The highest BCUT2D eigenvalue weighted by atomic mass is 35.5. The fourth-order valence-electron chi connectivity index (χ4n) is 2.71. The smallest absolute Gasteiger partial charge is 0.337 e. The molecule has 11 heteroatoms. The molecule has 0 aliphatic rings. The first-order chi connectivity index (χ1) is 14.2. The number of nitrogens with one attached hydrogen (secondary N) is 1. The number of anilines is 3. The lowest BCUT2D eigenvalue weighted by Crippen LogP contribution is -2.24. The predicted molar refractivity (Wildman–Crippen MR) is 108 cm³/mol. The standard InChI is InChI=1S/C19H16ClF3N6O/c1-24-17(26-12-9-25-28(2)10-12)13-7-8-16(19(21,22)23)27-18(13)29(11-30)15-6-4-3-5-14(15)20/h3-11H,1-2H3,(H,24,26). The number of carbonyl (C=O) groups is 1. The van der Waals surface area contributed by atoms with E-state index in [0.29, 0.717) is 12.1 Å². The minimum absolute atomic E-state index is 0.168. The topological polar surface area (TPSA) is 75.4 Å². The third-order valence-electron chi connectivity index (χ3n) is 4.06. The number of nitrogens with zero attached hydrogens (tertiary/aromatic N) is 5. The van der Waals surface area contributed by atoms with Crippen molar-refractivity contribution in [3.05, 3.63) is 65.1 Å². The number of aryl methyl sites for hydroxylation is 1. The number of benzene rings is 1. The molecule has 156 valence electrons. The highest BCUT2D eigenvalue weighted by Crippen LogP contribution is 2.35. The van der Waals surface area contributed by atoms with Crippen LogP contribution in [0.5, 0.6) is 0 Å². The maximum Gasteiger partial charge on any atom is 0.433 e. The molecule has 2 aromatic heterocycles. The highest BCUT2D eigenvalue weighted by Gasteiger charge is 2.34. The molecule has 0 aliphatic heterocycles. The number of amidine groups is 1. The van der Waals surface area contributed by atoms with Gasteiger partial charge in [-0.25, -0.2) is 4.98 Å². The molecule has 3 aromatic rings. The summed E-state index contributed by atoms with van der Waals surface area (Å²) in [6.07, 6.45) is -1.17. The van der Waals surface area contributed by atoms with Gasteiger partial charge in [-0.05, 0) is 24.3 Å². The van der Waals surface area contributed by atoms with Gasteiger partial charge in [0.05, 0.1) is 28.2 Å². The van der Waals surface area contributed by atoms with Crippen molar-refractivity contribution >= 4 is 41.0 Å². The van der Waals surface area contributed by atoms with Crippen molar-refractivity contribution in [3.63, 3.8) is 0 Å². The first-order valence-corrected chi connectivity index (χ1v) is 8.92. The van der Waals surface area contributed by atoms with Gasteiger partial charge in [-0.2, -0.15) is 18.3 Å². The quantitative estimate of drug-likeness (QED) is 0.368. The second kappa shape index (κ2) is 8.54. The number of rotatable bonds is 5. The Labute approximate surface area is 174 Å². The summed E-state index contributed by atoms with van der Waals surface area (Å²) in [5.74, 6) is -0.0805. The molecular formula is C19H16ClF3N6O. The first kappa shape index (κ1) is 21.3. The van der Waals surface area contributed by atoms with Gasteiger partial charge in [0.25, 0.3) is 0 Å². The van der Waals surface area contributed by atoms with Crippen molar-refractivity contribution in [1.82, 2.24) is 14.8 Å². The van der Waals surface area contributed by atoms with Gasteiger partial charge in [0.2, 0.25) is 6.41 Å². The average molecular weight is 437 g/mol. The van der Waals surface area contributed by atoms with E-state index in [-0.39, 0.29) is 27.9 Å². The van der Waals surface area contributed by atoms with Gasteiger partial charge in [0.15, 0.2) is 5.82 Å². The number of alkyl halides is 3. The third kappa shape index (κ3) is 4.43. The van der Waals surface area contributed by atoms with E-state index in [2.05, 4.69) is 20.4 Å². The van der Waals surface area contributed by atoms with Gasteiger partial charge < -0.3 is 5.32 Å². The van der Waals surface area contributed by atoms with Crippen molar-refractivity contribution in [1.29, 1.82) is 0 Å². The van der Waals surface area contributed by atoms with Gasteiger partial charge in [0.1, 0.15) is 11.5 Å². The zero-order valence-corrected chi connectivity index (χ0v) is 16.6. The van der Waals surface area contributed by atoms with E-state index in [1.807, 2.05) is 0 Å². The lowest BCUT2D eigenvalue weighted by molar-refractivity contribution is -0.141. The summed E-state index contributed by atoms with van der Waals surface area (Å²) in [6, 6.07) is 8.28. The fraction of sp³-hybridized carbons (Fsp3) is 0.158. The molecular weight excluding hydrogens is 421 g/mol. The van der Waals surface area contributed by atoms with Crippen molar-refractivity contribution < 1.29 is 18.0 Å². The Morgan fingerprint density at radius 1 is 1.27 bits per heavy atom. The third-order valence-corrected chi connectivity index (χ3v) is 4.38. The van der Waals surface area contributed by atoms with Crippen molar-refractivity contribution in [2.45, 2.75) is 6.18 Å².